The molecule has 2 rings (SSSR count). The average Bonchev–Trinajstić information content (AvgIpc) is 2.28. The van der Waals surface area contributed by atoms with Crippen molar-refractivity contribution in [1.29, 1.82) is 0 Å². The maximum Gasteiger partial charge on any atom is 0.127 e. The van der Waals surface area contributed by atoms with Crippen LogP contribution >= 0.6 is 0 Å². The molecule has 1 aliphatic carbocycles. The number of rotatable bonds is 2. The van der Waals surface area contributed by atoms with Gasteiger partial charge in [-0.05, 0) is 24.5 Å². The first-order valence-electron chi connectivity index (χ1n) is 5.22. The summed E-state index contributed by atoms with van der Waals surface area (Å²) < 4.78 is 19.4. The summed E-state index contributed by atoms with van der Waals surface area (Å²) in [5.74, 6) is 0.780. The minimum Gasteiger partial charge on any atom is -0.496 e. The Kier molecular flexibility index (Phi) is 2.65. The van der Waals surface area contributed by atoms with Gasteiger partial charge < -0.3 is 10.5 Å². The molecule has 1 unspecified atom stereocenters. The van der Waals surface area contributed by atoms with Gasteiger partial charge in [-0.1, -0.05) is 12.1 Å². The molecule has 1 aromatic rings. The molecule has 82 valence electrons. The van der Waals surface area contributed by atoms with Gasteiger partial charge in [0.15, 0.2) is 0 Å². The largest absolute Gasteiger partial charge is 0.496 e. The van der Waals surface area contributed by atoms with Crippen molar-refractivity contribution in [2.75, 3.05) is 13.7 Å². The van der Waals surface area contributed by atoms with Gasteiger partial charge >= 0.3 is 0 Å². The van der Waals surface area contributed by atoms with E-state index in [9.17, 15) is 4.39 Å². The van der Waals surface area contributed by atoms with Gasteiger partial charge in [0, 0.05) is 18.5 Å². The molecule has 0 spiro atoms. The number of benzene rings is 1. The van der Waals surface area contributed by atoms with E-state index < -0.39 is 5.67 Å². The highest BCUT2D eigenvalue weighted by Gasteiger charge is 2.34. The van der Waals surface area contributed by atoms with Gasteiger partial charge in [-0.25, -0.2) is 4.39 Å². The number of aryl methyl sites for hydroxylation is 1. The van der Waals surface area contributed by atoms with Crippen molar-refractivity contribution >= 4 is 0 Å². The second-order valence-corrected chi connectivity index (χ2v) is 4.13. The minimum atomic E-state index is -1.25. The lowest BCUT2D eigenvalue weighted by Crippen LogP contribution is -2.38. The van der Waals surface area contributed by atoms with Crippen LogP contribution in [0.15, 0.2) is 18.2 Å². The Bertz CT molecular complexity index is 352. The molecule has 3 heteroatoms. The van der Waals surface area contributed by atoms with Crippen LogP contribution in [0.4, 0.5) is 4.39 Å². The Labute approximate surface area is 89.2 Å². The summed E-state index contributed by atoms with van der Waals surface area (Å²) >= 11 is 0. The molecule has 0 saturated carbocycles. The molecule has 0 fully saturated rings. The smallest absolute Gasteiger partial charge is 0.127 e. The second kappa shape index (κ2) is 3.81. The van der Waals surface area contributed by atoms with Crippen LogP contribution in [0.5, 0.6) is 5.75 Å². The lowest BCUT2D eigenvalue weighted by atomic mass is 9.81. The molecule has 0 bridgehead atoms. The van der Waals surface area contributed by atoms with Crippen LogP contribution in [0, 0.1) is 0 Å². The molecule has 1 aromatic carbocycles. The number of fused-ring (bicyclic) bond motifs is 1. The molecule has 1 aliphatic rings. The monoisotopic (exact) mass is 209 g/mol. The molecule has 2 nitrogen and oxygen atoms in total. The first kappa shape index (κ1) is 10.4. The zero-order valence-corrected chi connectivity index (χ0v) is 8.92. The molecule has 0 radical (unpaired) electrons. The lowest BCUT2D eigenvalue weighted by Gasteiger charge is -2.30. The van der Waals surface area contributed by atoms with Crippen LogP contribution in [0.25, 0.3) is 0 Å². The van der Waals surface area contributed by atoms with Gasteiger partial charge in [0.1, 0.15) is 11.4 Å². The first-order chi connectivity index (χ1) is 7.18. The van der Waals surface area contributed by atoms with Crippen molar-refractivity contribution in [3.8, 4) is 5.75 Å². The zero-order chi connectivity index (χ0) is 10.9. The summed E-state index contributed by atoms with van der Waals surface area (Å²) in [7, 11) is 1.62. The van der Waals surface area contributed by atoms with Crippen LogP contribution in [0.3, 0.4) is 0 Å². The number of halogens is 1. The molecule has 15 heavy (non-hydrogen) atoms. The van der Waals surface area contributed by atoms with Gasteiger partial charge in [0.2, 0.25) is 0 Å². The quantitative estimate of drug-likeness (QED) is 0.806. The van der Waals surface area contributed by atoms with Crippen LogP contribution < -0.4 is 10.5 Å². The minimum absolute atomic E-state index is 0.0878. The molecule has 1 atom stereocenters. The Morgan fingerprint density at radius 2 is 2.33 bits per heavy atom. The summed E-state index contributed by atoms with van der Waals surface area (Å²) in [5.41, 5.74) is 6.40. The number of ether oxygens (including phenoxy) is 1. The van der Waals surface area contributed by atoms with Crippen LogP contribution in [0.1, 0.15) is 17.5 Å². The summed E-state index contributed by atoms with van der Waals surface area (Å²) in [4.78, 5) is 0. The Morgan fingerprint density at radius 3 is 3.00 bits per heavy atom. The summed E-state index contributed by atoms with van der Waals surface area (Å²) in [6.07, 6.45) is 1.65. The molecule has 2 N–H and O–H groups in total. The molecular formula is C12H16FNO. The van der Waals surface area contributed by atoms with Crippen LogP contribution in [-0.4, -0.2) is 19.3 Å². The predicted octanol–water partition coefficient (Wildman–Crippen LogP) is 1.85. The number of methoxy groups -OCH3 is 1. The van der Waals surface area contributed by atoms with Crippen molar-refractivity contribution in [3.63, 3.8) is 0 Å². The van der Waals surface area contributed by atoms with Gasteiger partial charge in [-0.2, -0.15) is 0 Å². The highest BCUT2D eigenvalue weighted by molar-refractivity contribution is 5.43. The number of nitrogens with two attached hydrogens (primary N) is 1. The van der Waals surface area contributed by atoms with E-state index in [1.165, 1.54) is 5.56 Å². The third kappa shape index (κ3) is 1.84. The third-order valence-electron chi connectivity index (χ3n) is 3.15. The number of hydrogen-bond donors (Lipinski definition) is 1. The highest BCUT2D eigenvalue weighted by atomic mass is 19.1. The Hall–Kier alpha value is -1.09. The van der Waals surface area contributed by atoms with E-state index >= 15 is 0 Å². The maximum absolute atomic E-state index is 14.1. The van der Waals surface area contributed by atoms with Gasteiger partial charge in [0.05, 0.1) is 7.11 Å². The second-order valence-electron chi connectivity index (χ2n) is 4.13. The van der Waals surface area contributed by atoms with Gasteiger partial charge in [-0.15, -0.1) is 0 Å². The standard InChI is InChI=1S/C12H16FNO/c1-15-11-4-2-3-9-5-6-12(13,8-14)7-10(9)11/h2-4H,5-8,14H2,1H3. The SMILES string of the molecule is COc1cccc2c1CC(F)(CN)CC2. The van der Waals surface area contributed by atoms with Crippen molar-refractivity contribution in [1.82, 2.24) is 0 Å². The Morgan fingerprint density at radius 1 is 1.53 bits per heavy atom. The fourth-order valence-electron chi connectivity index (χ4n) is 2.18. The molecule has 0 aliphatic heterocycles. The molecule has 0 aromatic heterocycles. The molecule has 0 heterocycles. The normalized spacial score (nSPS) is 24.7. The van der Waals surface area contributed by atoms with E-state index in [0.717, 1.165) is 17.7 Å². The highest BCUT2D eigenvalue weighted by Crippen LogP contribution is 2.35. The number of alkyl halides is 1. The first-order valence-corrected chi connectivity index (χ1v) is 5.22. The van der Waals surface area contributed by atoms with Crippen molar-refractivity contribution in [3.05, 3.63) is 29.3 Å². The van der Waals surface area contributed by atoms with E-state index in [1.54, 1.807) is 7.11 Å². The molecule has 0 amide bonds. The summed E-state index contributed by atoms with van der Waals surface area (Å²) in [5, 5.41) is 0. The molecular weight excluding hydrogens is 193 g/mol. The van der Waals surface area contributed by atoms with Crippen molar-refractivity contribution in [2.45, 2.75) is 24.9 Å². The zero-order valence-electron chi connectivity index (χ0n) is 8.92. The van der Waals surface area contributed by atoms with E-state index in [-0.39, 0.29) is 6.54 Å². The van der Waals surface area contributed by atoms with Gasteiger partial charge in [-0.3, -0.25) is 0 Å². The average molecular weight is 209 g/mol. The van der Waals surface area contributed by atoms with Gasteiger partial charge in [0.25, 0.3) is 0 Å². The lowest BCUT2D eigenvalue weighted by molar-refractivity contribution is 0.150. The van der Waals surface area contributed by atoms with Crippen molar-refractivity contribution < 1.29 is 9.13 Å². The van der Waals surface area contributed by atoms with Crippen molar-refractivity contribution in [2.24, 2.45) is 5.73 Å². The van der Waals surface area contributed by atoms with Crippen LogP contribution in [-0.2, 0) is 12.8 Å². The Balaban J connectivity index is 2.38. The van der Waals surface area contributed by atoms with E-state index in [2.05, 4.69) is 0 Å². The number of hydrogen-bond acceptors (Lipinski definition) is 2. The third-order valence-corrected chi connectivity index (χ3v) is 3.15. The fraction of sp³-hybridized carbons (Fsp3) is 0.500. The van der Waals surface area contributed by atoms with E-state index in [0.29, 0.717) is 12.8 Å². The van der Waals surface area contributed by atoms with Crippen LogP contribution in [0.2, 0.25) is 0 Å². The summed E-state index contributed by atoms with van der Waals surface area (Å²) in [6.45, 7) is 0.0878. The van der Waals surface area contributed by atoms with E-state index in [4.69, 9.17) is 10.5 Å². The fourth-order valence-corrected chi connectivity index (χ4v) is 2.18. The maximum atomic E-state index is 14.1. The molecule has 0 saturated heterocycles. The predicted molar refractivity (Wildman–Crippen MR) is 57.9 cm³/mol. The summed E-state index contributed by atoms with van der Waals surface area (Å²) in [6, 6.07) is 5.86. The van der Waals surface area contributed by atoms with E-state index in [1.807, 2.05) is 18.2 Å². The topological polar surface area (TPSA) is 35.2 Å².